The maximum atomic E-state index is 3.58. The molecule has 0 aromatic heterocycles. The van der Waals surface area contributed by atoms with E-state index in [9.17, 15) is 0 Å². The second-order valence-corrected chi connectivity index (χ2v) is 5.64. The number of rotatable bonds is 1. The Morgan fingerprint density at radius 3 is 1.75 bits per heavy atom. The van der Waals surface area contributed by atoms with Crippen molar-refractivity contribution in [3.05, 3.63) is 56.5 Å². The van der Waals surface area contributed by atoms with E-state index in [1.165, 1.54) is 22.3 Å². The summed E-state index contributed by atoms with van der Waals surface area (Å²) < 4.78 is 2.27. The summed E-state index contributed by atoms with van der Waals surface area (Å²) in [4.78, 5) is 0. The van der Waals surface area contributed by atoms with Crippen molar-refractivity contribution in [2.24, 2.45) is 0 Å². The molecule has 2 heteroatoms. The van der Waals surface area contributed by atoms with Gasteiger partial charge in [-0.2, -0.15) is 0 Å². The predicted octanol–water partition coefficient (Wildman–Crippen LogP) is 5.50. The third-order valence-corrected chi connectivity index (χ3v) is 4.31. The Balaban J connectivity index is 2.52. The minimum atomic E-state index is 1.14. The number of halogens is 2. The van der Waals surface area contributed by atoms with Crippen molar-refractivity contribution in [2.45, 2.75) is 13.8 Å². The molecule has 0 spiro atoms. The summed E-state index contributed by atoms with van der Waals surface area (Å²) in [5, 5.41) is 0. The van der Waals surface area contributed by atoms with Gasteiger partial charge in [0.15, 0.2) is 0 Å². The highest BCUT2D eigenvalue weighted by Gasteiger charge is 2.04. The molecular formula is C14H12Br2. The summed E-state index contributed by atoms with van der Waals surface area (Å²) in [6.07, 6.45) is 0. The first kappa shape index (κ1) is 11.9. The Labute approximate surface area is 113 Å². The monoisotopic (exact) mass is 338 g/mol. The van der Waals surface area contributed by atoms with Crippen LogP contribution in [0.25, 0.3) is 11.1 Å². The van der Waals surface area contributed by atoms with Gasteiger partial charge in [-0.15, -0.1) is 0 Å². The Hall–Kier alpha value is -0.600. The van der Waals surface area contributed by atoms with Crippen LogP contribution in [-0.2, 0) is 0 Å². The van der Waals surface area contributed by atoms with Gasteiger partial charge in [-0.3, -0.25) is 0 Å². The molecule has 0 radical (unpaired) electrons. The molecule has 0 aliphatic heterocycles. The molecular weight excluding hydrogens is 328 g/mol. The van der Waals surface area contributed by atoms with E-state index < -0.39 is 0 Å². The highest BCUT2D eigenvalue weighted by Crippen LogP contribution is 2.31. The SMILES string of the molecule is Cc1ccc(-c2cc(Br)c(C)c(Br)c2)cc1. The lowest BCUT2D eigenvalue weighted by Gasteiger charge is -2.07. The van der Waals surface area contributed by atoms with Crippen LogP contribution in [0.1, 0.15) is 11.1 Å². The molecule has 0 saturated carbocycles. The van der Waals surface area contributed by atoms with Crippen LogP contribution in [0.15, 0.2) is 45.3 Å². The van der Waals surface area contributed by atoms with Gasteiger partial charge in [0.25, 0.3) is 0 Å². The lowest BCUT2D eigenvalue weighted by Crippen LogP contribution is -1.83. The summed E-state index contributed by atoms with van der Waals surface area (Å²) in [6.45, 7) is 4.19. The van der Waals surface area contributed by atoms with E-state index in [1.54, 1.807) is 0 Å². The summed E-state index contributed by atoms with van der Waals surface area (Å²) in [7, 11) is 0. The maximum absolute atomic E-state index is 3.58. The predicted molar refractivity (Wildman–Crippen MR) is 76.8 cm³/mol. The van der Waals surface area contributed by atoms with Crippen molar-refractivity contribution in [1.29, 1.82) is 0 Å². The molecule has 82 valence electrons. The molecule has 0 unspecified atom stereocenters. The van der Waals surface area contributed by atoms with Crippen molar-refractivity contribution in [3.63, 3.8) is 0 Å². The average Bonchev–Trinajstić information content (AvgIpc) is 2.26. The lowest BCUT2D eigenvalue weighted by molar-refractivity contribution is 1.39. The first-order chi connectivity index (χ1) is 7.58. The molecule has 16 heavy (non-hydrogen) atoms. The highest BCUT2D eigenvalue weighted by atomic mass is 79.9. The fourth-order valence-electron chi connectivity index (χ4n) is 1.56. The van der Waals surface area contributed by atoms with Crippen LogP contribution < -0.4 is 0 Å². The van der Waals surface area contributed by atoms with Gasteiger partial charge < -0.3 is 0 Å². The number of hydrogen-bond donors (Lipinski definition) is 0. The Morgan fingerprint density at radius 2 is 1.25 bits per heavy atom. The number of aryl methyl sites for hydroxylation is 1. The van der Waals surface area contributed by atoms with Crippen LogP contribution in [0.3, 0.4) is 0 Å². The van der Waals surface area contributed by atoms with E-state index in [0.29, 0.717) is 0 Å². The van der Waals surface area contributed by atoms with E-state index in [1.807, 2.05) is 0 Å². The van der Waals surface area contributed by atoms with Crippen LogP contribution in [0.2, 0.25) is 0 Å². The van der Waals surface area contributed by atoms with Gasteiger partial charge >= 0.3 is 0 Å². The third kappa shape index (κ3) is 2.38. The zero-order valence-corrected chi connectivity index (χ0v) is 12.4. The Bertz CT molecular complexity index is 490. The van der Waals surface area contributed by atoms with Crippen molar-refractivity contribution in [2.75, 3.05) is 0 Å². The molecule has 0 aliphatic rings. The zero-order valence-electron chi connectivity index (χ0n) is 9.22. The van der Waals surface area contributed by atoms with E-state index in [-0.39, 0.29) is 0 Å². The minimum Gasteiger partial charge on any atom is -0.0587 e. The van der Waals surface area contributed by atoms with Crippen LogP contribution in [-0.4, -0.2) is 0 Å². The molecule has 2 rings (SSSR count). The van der Waals surface area contributed by atoms with E-state index in [2.05, 4.69) is 82.1 Å². The molecule has 0 aliphatic carbocycles. The summed E-state index contributed by atoms with van der Waals surface area (Å²) in [6, 6.07) is 12.9. The molecule has 0 amide bonds. The van der Waals surface area contributed by atoms with Gasteiger partial charge in [0.05, 0.1) is 0 Å². The fourth-order valence-corrected chi connectivity index (χ4v) is 2.74. The second-order valence-electron chi connectivity index (χ2n) is 3.93. The normalized spacial score (nSPS) is 10.5. The van der Waals surface area contributed by atoms with Gasteiger partial charge in [0, 0.05) is 8.95 Å². The molecule has 2 aromatic carbocycles. The molecule has 2 aromatic rings. The standard InChI is InChI=1S/C14H12Br2/c1-9-3-5-11(6-4-9)12-7-13(15)10(2)14(16)8-12/h3-8H,1-2H3. The largest absolute Gasteiger partial charge is 0.0587 e. The summed E-state index contributed by atoms with van der Waals surface area (Å²) >= 11 is 7.16. The molecule has 0 atom stereocenters. The molecule has 0 fully saturated rings. The smallest absolute Gasteiger partial charge is 0.0221 e. The van der Waals surface area contributed by atoms with Crippen molar-refractivity contribution in [3.8, 4) is 11.1 Å². The first-order valence-electron chi connectivity index (χ1n) is 5.10. The summed E-state index contributed by atoms with van der Waals surface area (Å²) in [5.74, 6) is 0. The van der Waals surface area contributed by atoms with Crippen molar-refractivity contribution >= 4 is 31.9 Å². The molecule has 0 heterocycles. The Morgan fingerprint density at radius 1 is 0.750 bits per heavy atom. The van der Waals surface area contributed by atoms with Crippen LogP contribution >= 0.6 is 31.9 Å². The van der Waals surface area contributed by atoms with Crippen LogP contribution in [0, 0.1) is 13.8 Å². The van der Waals surface area contributed by atoms with E-state index in [4.69, 9.17) is 0 Å². The van der Waals surface area contributed by atoms with E-state index in [0.717, 1.165) is 8.95 Å². The van der Waals surface area contributed by atoms with Crippen LogP contribution in [0.5, 0.6) is 0 Å². The second kappa shape index (κ2) is 4.72. The summed E-state index contributed by atoms with van der Waals surface area (Å²) in [5.41, 5.74) is 4.99. The average molecular weight is 340 g/mol. The quantitative estimate of drug-likeness (QED) is 0.644. The van der Waals surface area contributed by atoms with Crippen LogP contribution in [0.4, 0.5) is 0 Å². The van der Waals surface area contributed by atoms with E-state index >= 15 is 0 Å². The first-order valence-corrected chi connectivity index (χ1v) is 6.69. The minimum absolute atomic E-state index is 1.14. The van der Waals surface area contributed by atoms with Gasteiger partial charge in [0.1, 0.15) is 0 Å². The van der Waals surface area contributed by atoms with Gasteiger partial charge in [-0.1, -0.05) is 61.7 Å². The topological polar surface area (TPSA) is 0 Å². The van der Waals surface area contributed by atoms with Gasteiger partial charge in [0.2, 0.25) is 0 Å². The zero-order chi connectivity index (χ0) is 11.7. The van der Waals surface area contributed by atoms with Gasteiger partial charge in [-0.25, -0.2) is 0 Å². The Kier molecular flexibility index (Phi) is 3.50. The molecule has 0 saturated heterocycles. The maximum Gasteiger partial charge on any atom is 0.0221 e. The molecule has 0 nitrogen and oxygen atoms in total. The molecule has 0 bridgehead atoms. The van der Waals surface area contributed by atoms with Gasteiger partial charge in [-0.05, 0) is 42.7 Å². The number of hydrogen-bond acceptors (Lipinski definition) is 0. The highest BCUT2D eigenvalue weighted by molar-refractivity contribution is 9.11. The van der Waals surface area contributed by atoms with Crippen molar-refractivity contribution in [1.82, 2.24) is 0 Å². The lowest BCUT2D eigenvalue weighted by atomic mass is 10.0. The third-order valence-electron chi connectivity index (χ3n) is 2.67. The fraction of sp³-hybridized carbons (Fsp3) is 0.143. The molecule has 0 N–H and O–H groups in total. The number of benzene rings is 2. The van der Waals surface area contributed by atoms with Crippen molar-refractivity contribution < 1.29 is 0 Å².